The maximum Gasteiger partial charge on any atom is 0.236 e. The van der Waals surface area contributed by atoms with Crippen LogP contribution in [-0.2, 0) is 4.79 Å². The van der Waals surface area contributed by atoms with E-state index in [1.807, 2.05) is 25.7 Å². The van der Waals surface area contributed by atoms with Gasteiger partial charge in [0.25, 0.3) is 0 Å². The second-order valence-electron chi connectivity index (χ2n) is 5.71. The molecule has 124 valence electrons. The van der Waals surface area contributed by atoms with Crippen LogP contribution in [0.15, 0.2) is 23.5 Å². The number of aromatic nitrogens is 2. The van der Waals surface area contributed by atoms with E-state index >= 15 is 0 Å². The van der Waals surface area contributed by atoms with Crippen LogP contribution in [-0.4, -0.2) is 39.1 Å². The number of carbonyl (C=O) groups excluding carboxylic acids is 1. The highest BCUT2D eigenvalue weighted by atomic mass is 32.2. The Balaban J connectivity index is 2.24. The van der Waals surface area contributed by atoms with E-state index in [4.69, 9.17) is 0 Å². The van der Waals surface area contributed by atoms with E-state index in [2.05, 4.69) is 30.4 Å². The van der Waals surface area contributed by atoms with Crippen molar-refractivity contribution in [2.75, 3.05) is 13.1 Å². The molecule has 2 aromatic rings. The Kier molecular flexibility index (Phi) is 5.81. The molecule has 6 heteroatoms. The summed E-state index contributed by atoms with van der Waals surface area (Å²) in [5.74, 6) is 0.122. The van der Waals surface area contributed by atoms with Crippen LogP contribution in [0.25, 0.3) is 10.2 Å². The van der Waals surface area contributed by atoms with Crippen molar-refractivity contribution in [3.63, 3.8) is 0 Å². The van der Waals surface area contributed by atoms with Crippen molar-refractivity contribution in [1.29, 1.82) is 0 Å². The summed E-state index contributed by atoms with van der Waals surface area (Å²) in [7, 11) is 0. The van der Waals surface area contributed by atoms with Crippen LogP contribution in [0.3, 0.4) is 0 Å². The van der Waals surface area contributed by atoms with Crippen LogP contribution in [0.5, 0.6) is 0 Å². The second kappa shape index (κ2) is 7.45. The highest BCUT2D eigenvalue weighted by molar-refractivity contribution is 8.00. The topological polar surface area (TPSA) is 46.1 Å². The molecule has 0 aliphatic rings. The van der Waals surface area contributed by atoms with E-state index in [1.54, 1.807) is 17.7 Å². The smallest absolute Gasteiger partial charge is 0.236 e. The predicted octanol–water partition coefficient (Wildman–Crippen LogP) is 4.21. The largest absolute Gasteiger partial charge is 0.338 e. The van der Waals surface area contributed by atoms with E-state index in [-0.39, 0.29) is 11.2 Å². The van der Waals surface area contributed by atoms with Crippen molar-refractivity contribution in [2.45, 2.75) is 44.9 Å². The lowest BCUT2D eigenvalue weighted by Crippen LogP contribution is -2.37. The number of amides is 1. The second-order valence-corrected chi connectivity index (χ2v) is 8.24. The minimum absolute atomic E-state index is 0.122. The van der Waals surface area contributed by atoms with Crippen molar-refractivity contribution < 1.29 is 4.79 Å². The molecule has 0 saturated carbocycles. The van der Waals surface area contributed by atoms with Gasteiger partial charge in [0.2, 0.25) is 5.91 Å². The maximum atomic E-state index is 12.7. The summed E-state index contributed by atoms with van der Waals surface area (Å²) in [6, 6.07) is 0. The van der Waals surface area contributed by atoms with Crippen molar-refractivity contribution in [3.05, 3.63) is 28.9 Å². The summed E-state index contributed by atoms with van der Waals surface area (Å²) in [6.07, 6.45) is 1.59. The number of thiophene rings is 1. The van der Waals surface area contributed by atoms with E-state index in [1.165, 1.54) is 22.2 Å². The standard InChI is InChI=1S/C17H23N3OS2/c1-7-20(8-10(2)3)17(21)13(6)23-16-14-11(4)12(5)22-15(14)18-9-19-16/h9,13H,2,7-8H2,1,3-6H3. The highest BCUT2D eigenvalue weighted by Crippen LogP contribution is 2.36. The van der Waals surface area contributed by atoms with Crippen molar-refractivity contribution >= 4 is 39.2 Å². The SMILES string of the molecule is C=C(C)CN(CC)C(=O)C(C)Sc1ncnc2sc(C)c(C)c12. The highest BCUT2D eigenvalue weighted by Gasteiger charge is 2.23. The Morgan fingerprint density at radius 2 is 2.13 bits per heavy atom. The van der Waals surface area contributed by atoms with Gasteiger partial charge >= 0.3 is 0 Å². The molecule has 1 unspecified atom stereocenters. The zero-order valence-electron chi connectivity index (χ0n) is 14.3. The van der Waals surface area contributed by atoms with Gasteiger partial charge in [-0.05, 0) is 40.2 Å². The first-order valence-electron chi connectivity index (χ1n) is 7.65. The van der Waals surface area contributed by atoms with Gasteiger partial charge in [0, 0.05) is 23.4 Å². The van der Waals surface area contributed by atoms with Gasteiger partial charge in [-0.1, -0.05) is 23.9 Å². The third kappa shape index (κ3) is 3.93. The van der Waals surface area contributed by atoms with Gasteiger partial charge in [-0.15, -0.1) is 11.3 Å². The third-order valence-electron chi connectivity index (χ3n) is 3.72. The lowest BCUT2D eigenvalue weighted by atomic mass is 10.2. The van der Waals surface area contributed by atoms with Crippen LogP contribution in [0.4, 0.5) is 0 Å². The van der Waals surface area contributed by atoms with Gasteiger partial charge in [0.15, 0.2) is 0 Å². The molecule has 0 aromatic carbocycles. The zero-order valence-corrected chi connectivity index (χ0v) is 16.0. The van der Waals surface area contributed by atoms with E-state index < -0.39 is 0 Å². The molecule has 2 heterocycles. The van der Waals surface area contributed by atoms with Crippen LogP contribution >= 0.6 is 23.1 Å². The van der Waals surface area contributed by atoms with E-state index in [0.29, 0.717) is 13.1 Å². The first kappa shape index (κ1) is 17.9. The molecule has 23 heavy (non-hydrogen) atoms. The Morgan fingerprint density at radius 3 is 2.74 bits per heavy atom. The Hall–Kier alpha value is -1.40. The van der Waals surface area contributed by atoms with Gasteiger partial charge in [-0.25, -0.2) is 9.97 Å². The molecule has 0 aliphatic heterocycles. The summed E-state index contributed by atoms with van der Waals surface area (Å²) in [5, 5.41) is 1.79. The fourth-order valence-corrected chi connectivity index (χ4v) is 4.51. The Bertz CT molecular complexity index is 739. The van der Waals surface area contributed by atoms with Crippen molar-refractivity contribution in [2.24, 2.45) is 0 Å². The molecule has 0 fully saturated rings. The number of thioether (sulfide) groups is 1. The first-order chi connectivity index (χ1) is 10.8. The fraction of sp³-hybridized carbons (Fsp3) is 0.471. The molecule has 2 rings (SSSR count). The molecule has 0 bridgehead atoms. The predicted molar refractivity (Wildman–Crippen MR) is 99.3 cm³/mol. The molecule has 4 nitrogen and oxygen atoms in total. The van der Waals surface area contributed by atoms with Gasteiger partial charge in [0.05, 0.1) is 5.25 Å². The lowest BCUT2D eigenvalue weighted by molar-refractivity contribution is -0.129. The molecular formula is C17H23N3OS2. The summed E-state index contributed by atoms with van der Waals surface area (Å²) < 4.78 is 0. The first-order valence-corrected chi connectivity index (χ1v) is 9.35. The summed E-state index contributed by atoms with van der Waals surface area (Å²) >= 11 is 3.19. The zero-order chi connectivity index (χ0) is 17.1. The van der Waals surface area contributed by atoms with Gasteiger partial charge in [-0.2, -0.15) is 0 Å². The van der Waals surface area contributed by atoms with Gasteiger partial charge in [0.1, 0.15) is 16.2 Å². The number of fused-ring (bicyclic) bond motifs is 1. The number of hydrogen-bond acceptors (Lipinski definition) is 5. The summed E-state index contributed by atoms with van der Waals surface area (Å²) in [6.45, 7) is 15.3. The van der Waals surface area contributed by atoms with E-state index in [9.17, 15) is 4.79 Å². The molecule has 0 saturated heterocycles. The van der Waals surface area contributed by atoms with Crippen LogP contribution in [0.1, 0.15) is 31.2 Å². The Labute approximate surface area is 146 Å². The number of hydrogen-bond donors (Lipinski definition) is 0. The number of rotatable bonds is 6. The monoisotopic (exact) mass is 349 g/mol. The number of nitrogens with zero attached hydrogens (tertiary/aromatic N) is 3. The maximum absolute atomic E-state index is 12.7. The molecule has 0 radical (unpaired) electrons. The minimum Gasteiger partial charge on any atom is -0.338 e. The Morgan fingerprint density at radius 1 is 1.43 bits per heavy atom. The van der Waals surface area contributed by atoms with Crippen molar-refractivity contribution in [3.8, 4) is 0 Å². The number of likely N-dealkylation sites (N-methyl/N-ethyl adjacent to an activating group) is 1. The average Bonchev–Trinajstić information content (AvgIpc) is 2.79. The fourth-order valence-electron chi connectivity index (χ4n) is 2.39. The lowest BCUT2D eigenvalue weighted by Gasteiger charge is -2.24. The van der Waals surface area contributed by atoms with Crippen molar-refractivity contribution in [1.82, 2.24) is 14.9 Å². The summed E-state index contributed by atoms with van der Waals surface area (Å²) in [4.78, 5) is 25.5. The molecule has 0 aliphatic carbocycles. The van der Waals surface area contributed by atoms with Crippen LogP contribution < -0.4 is 0 Å². The quantitative estimate of drug-likeness (QED) is 0.445. The molecular weight excluding hydrogens is 326 g/mol. The normalized spacial score (nSPS) is 12.4. The van der Waals surface area contributed by atoms with E-state index in [0.717, 1.165) is 20.8 Å². The number of aryl methyl sites for hydroxylation is 2. The molecule has 1 atom stereocenters. The molecule has 0 spiro atoms. The summed E-state index contributed by atoms with van der Waals surface area (Å²) in [5.41, 5.74) is 2.20. The average molecular weight is 350 g/mol. The molecule has 2 aromatic heterocycles. The minimum atomic E-state index is -0.188. The van der Waals surface area contributed by atoms with Crippen LogP contribution in [0.2, 0.25) is 0 Å². The number of carbonyl (C=O) groups is 1. The van der Waals surface area contributed by atoms with Gasteiger partial charge < -0.3 is 4.90 Å². The molecule has 1 amide bonds. The van der Waals surface area contributed by atoms with Gasteiger partial charge in [-0.3, -0.25) is 4.79 Å². The third-order valence-corrected chi connectivity index (χ3v) is 5.92. The van der Waals surface area contributed by atoms with Crippen LogP contribution in [0, 0.1) is 13.8 Å². The molecule has 0 N–H and O–H groups in total.